The SMILES string of the molecule is CCc1ccc(Oc2ncnc(NN(C)C)c2N)cc1. The van der Waals surface area contributed by atoms with E-state index in [0.717, 1.165) is 6.42 Å². The second-order valence-electron chi connectivity index (χ2n) is 4.55. The van der Waals surface area contributed by atoms with Gasteiger partial charge in [0, 0.05) is 14.1 Å². The molecular formula is C14H19N5O. The van der Waals surface area contributed by atoms with Gasteiger partial charge in [-0.05, 0) is 24.1 Å². The molecule has 2 aromatic rings. The number of anilines is 2. The zero-order valence-electron chi connectivity index (χ0n) is 11.9. The third kappa shape index (κ3) is 3.36. The number of ether oxygens (including phenoxy) is 1. The van der Waals surface area contributed by atoms with Gasteiger partial charge in [0.1, 0.15) is 17.8 Å². The fraction of sp³-hybridized carbons (Fsp3) is 0.286. The Labute approximate surface area is 118 Å². The quantitative estimate of drug-likeness (QED) is 0.814. The molecule has 2 rings (SSSR count). The molecule has 0 radical (unpaired) electrons. The van der Waals surface area contributed by atoms with Crippen molar-refractivity contribution in [2.24, 2.45) is 0 Å². The van der Waals surface area contributed by atoms with Crippen LogP contribution in [-0.4, -0.2) is 29.1 Å². The summed E-state index contributed by atoms with van der Waals surface area (Å²) in [6, 6.07) is 7.84. The smallest absolute Gasteiger partial charge is 0.248 e. The average molecular weight is 273 g/mol. The lowest BCUT2D eigenvalue weighted by Crippen LogP contribution is -2.21. The van der Waals surface area contributed by atoms with Gasteiger partial charge in [0.15, 0.2) is 5.82 Å². The number of nitrogen functional groups attached to an aromatic ring is 1. The van der Waals surface area contributed by atoms with Crippen LogP contribution in [0.25, 0.3) is 0 Å². The molecule has 106 valence electrons. The van der Waals surface area contributed by atoms with Crippen molar-refractivity contribution in [2.75, 3.05) is 25.3 Å². The number of hydrazine groups is 1. The third-order valence-corrected chi connectivity index (χ3v) is 2.72. The molecule has 6 nitrogen and oxygen atoms in total. The van der Waals surface area contributed by atoms with E-state index in [1.54, 1.807) is 5.01 Å². The molecule has 3 N–H and O–H groups in total. The molecule has 0 saturated carbocycles. The number of hydrogen-bond acceptors (Lipinski definition) is 6. The van der Waals surface area contributed by atoms with Crippen LogP contribution in [0.4, 0.5) is 11.5 Å². The molecule has 0 aliphatic heterocycles. The van der Waals surface area contributed by atoms with E-state index in [1.165, 1.54) is 11.9 Å². The molecule has 20 heavy (non-hydrogen) atoms. The van der Waals surface area contributed by atoms with Crippen LogP contribution in [0.2, 0.25) is 0 Å². The van der Waals surface area contributed by atoms with Crippen molar-refractivity contribution in [2.45, 2.75) is 13.3 Å². The fourth-order valence-electron chi connectivity index (χ4n) is 1.67. The highest BCUT2D eigenvalue weighted by molar-refractivity contribution is 5.66. The maximum atomic E-state index is 6.00. The Morgan fingerprint density at radius 1 is 1.20 bits per heavy atom. The lowest BCUT2D eigenvalue weighted by atomic mass is 10.2. The van der Waals surface area contributed by atoms with Crippen molar-refractivity contribution in [3.63, 3.8) is 0 Å². The largest absolute Gasteiger partial charge is 0.437 e. The number of rotatable bonds is 5. The van der Waals surface area contributed by atoms with E-state index in [9.17, 15) is 0 Å². The molecule has 1 heterocycles. The Hall–Kier alpha value is -2.34. The van der Waals surface area contributed by atoms with Gasteiger partial charge in [-0.2, -0.15) is 4.98 Å². The highest BCUT2D eigenvalue weighted by Crippen LogP contribution is 2.29. The number of aromatic nitrogens is 2. The van der Waals surface area contributed by atoms with Crippen molar-refractivity contribution < 1.29 is 4.74 Å². The third-order valence-electron chi connectivity index (χ3n) is 2.72. The Kier molecular flexibility index (Phi) is 4.37. The molecule has 0 spiro atoms. The molecule has 6 heteroatoms. The Morgan fingerprint density at radius 3 is 2.50 bits per heavy atom. The Morgan fingerprint density at radius 2 is 1.90 bits per heavy atom. The van der Waals surface area contributed by atoms with Crippen LogP contribution >= 0.6 is 0 Å². The van der Waals surface area contributed by atoms with Crippen LogP contribution in [0, 0.1) is 0 Å². The van der Waals surface area contributed by atoms with Crippen LogP contribution in [-0.2, 0) is 6.42 Å². The van der Waals surface area contributed by atoms with Crippen molar-refractivity contribution in [3.8, 4) is 11.6 Å². The van der Waals surface area contributed by atoms with Crippen LogP contribution < -0.4 is 15.9 Å². The monoisotopic (exact) mass is 273 g/mol. The van der Waals surface area contributed by atoms with Gasteiger partial charge in [-0.15, -0.1) is 0 Å². The number of nitrogens with one attached hydrogen (secondary N) is 1. The second kappa shape index (κ2) is 6.21. The first-order chi connectivity index (χ1) is 9.60. The molecule has 0 fully saturated rings. The molecule has 0 amide bonds. The Balaban J connectivity index is 2.20. The lowest BCUT2D eigenvalue weighted by Gasteiger charge is -2.15. The van der Waals surface area contributed by atoms with Crippen molar-refractivity contribution >= 4 is 11.5 Å². The standard InChI is InChI=1S/C14H19N5O/c1-4-10-5-7-11(8-6-10)20-14-12(15)13(16-9-17-14)18-19(2)3/h5-9H,4,15H2,1-3H3,(H,16,17,18). The minimum atomic E-state index is 0.341. The number of nitrogens with two attached hydrogens (primary N) is 1. The summed E-state index contributed by atoms with van der Waals surface area (Å²) in [5, 5.41) is 1.75. The highest BCUT2D eigenvalue weighted by Gasteiger charge is 2.10. The van der Waals surface area contributed by atoms with E-state index in [4.69, 9.17) is 10.5 Å². The summed E-state index contributed by atoms with van der Waals surface area (Å²) in [5.74, 6) is 1.56. The van der Waals surface area contributed by atoms with Gasteiger partial charge in [0.25, 0.3) is 0 Å². The normalized spacial score (nSPS) is 10.6. The predicted molar refractivity (Wildman–Crippen MR) is 79.6 cm³/mol. The summed E-state index contributed by atoms with van der Waals surface area (Å²) in [6.07, 6.45) is 2.41. The van der Waals surface area contributed by atoms with Crippen molar-refractivity contribution in [1.82, 2.24) is 15.0 Å². The minimum absolute atomic E-state index is 0.341. The van der Waals surface area contributed by atoms with E-state index in [1.807, 2.05) is 38.4 Å². The van der Waals surface area contributed by atoms with Crippen molar-refractivity contribution in [1.29, 1.82) is 0 Å². The second-order valence-corrected chi connectivity index (χ2v) is 4.55. The molecule has 0 aliphatic rings. The van der Waals surface area contributed by atoms with Gasteiger partial charge >= 0.3 is 0 Å². The summed E-state index contributed by atoms with van der Waals surface area (Å²) in [6.45, 7) is 2.11. The average Bonchev–Trinajstić information content (AvgIpc) is 2.43. The first-order valence-electron chi connectivity index (χ1n) is 6.41. The molecule has 0 aliphatic carbocycles. The maximum Gasteiger partial charge on any atom is 0.248 e. The zero-order valence-corrected chi connectivity index (χ0v) is 11.9. The number of aryl methyl sites for hydroxylation is 1. The number of hydrogen-bond donors (Lipinski definition) is 2. The van der Waals surface area contributed by atoms with Gasteiger partial charge in [-0.1, -0.05) is 19.1 Å². The summed E-state index contributed by atoms with van der Waals surface area (Å²) in [5.41, 5.74) is 10.6. The van der Waals surface area contributed by atoms with Gasteiger partial charge in [-0.25, -0.2) is 9.99 Å². The molecule has 0 atom stereocenters. The van der Waals surface area contributed by atoms with E-state index in [-0.39, 0.29) is 0 Å². The molecule has 1 aromatic carbocycles. The molecule has 0 bridgehead atoms. The van der Waals surface area contributed by atoms with Crippen LogP contribution in [0.5, 0.6) is 11.6 Å². The van der Waals surface area contributed by atoms with E-state index < -0.39 is 0 Å². The van der Waals surface area contributed by atoms with Gasteiger partial charge in [0.2, 0.25) is 5.88 Å². The van der Waals surface area contributed by atoms with Gasteiger partial charge in [-0.3, -0.25) is 0 Å². The number of nitrogens with zero attached hydrogens (tertiary/aromatic N) is 3. The molecule has 1 aromatic heterocycles. The number of benzene rings is 1. The maximum absolute atomic E-state index is 6.00. The first-order valence-corrected chi connectivity index (χ1v) is 6.41. The first kappa shape index (κ1) is 14.1. The van der Waals surface area contributed by atoms with Crippen molar-refractivity contribution in [3.05, 3.63) is 36.2 Å². The van der Waals surface area contributed by atoms with E-state index in [0.29, 0.717) is 23.1 Å². The topological polar surface area (TPSA) is 76.3 Å². The Bertz CT molecular complexity index is 568. The van der Waals surface area contributed by atoms with Crippen LogP contribution in [0.3, 0.4) is 0 Å². The van der Waals surface area contributed by atoms with Crippen LogP contribution in [0.15, 0.2) is 30.6 Å². The summed E-state index contributed by atoms with van der Waals surface area (Å²) < 4.78 is 5.70. The fourth-order valence-corrected chi connectivity index (χ4v) is 1.67. The summed E-state index contributed by atoms with van der Waals surface area (Å²) in [7, 11) is 3.71. The highest BCUT2D eigenvalue weighted by atomic mass is 16.5. The zero-order chi connectivity index (χ0) is 14.5. The summed E-state index contributed by atoms with van der Waals surface area (Å²) >= 11 is 0. The predicted octanol–water partition coefficient (Wildman–Crippen LogP) is 2.30. The van der Waals surface area contributed by atoms with Gasteiger partial charge < -0.3 is 15.9 Å². The minimum Gasteiger partial charge on any atom is -0.437 e. The van der Waals surface area contributed by atoms with Gasteiger partial charge in [0.05, 0.1) is 0 Å². The van der Waals surface area contributed by atoms with E-state index in [2.05, 4.69) is 22.3 Å². The summed E-state index contributed by atoms with van der Waals surface area (Å²) in [4.78, 5) is 8.15. The molecule has 0 saturated heterocycles. The molecule has 0 unspecified atom stereocenters. The van der Waals surface area contributed by atoms with E-state index >= 15 is 0 Å². The lowest BCUT2D eigenvalue weighted by molar-refractivity contribution is 0.461. The van der Waals surface area contributed by atoms with Crippen LogP contribution in [0.1, 0.15) is 12.5 Å². The molecular weight excluding hydrogens is 254 g/mol.